The first-order valence-electron chi connectivity index (χ1n) is 5.08. The van der Waals surface area contributed by atoms with E-state index in [-0.39, 0.29) is 16.9 Å². The highest BCUT2D eigenvalue weighted by Gasteiger charge is 2.08. The van der Waals surface area contributed by atoms with Gasteiger partial charge in [-0.1, -0.05) is 0 Å². The molecule has 0 saturated carbocycles. The second-order valence-electron chi connectivity index (χ2n) is 3.69. The molecule has 0 aliphatic heterocycles. The minimum absolute atomic E-state index is 0.120. The summed E-state index contributed by atoms with van der Waals surface area (Å²) in [6, 6.07) is 11.8. The number of nitrogens with zero attached hydrogens (tertiary/aromatic N) is 2. The van der Waals surface area contributed by atoms with Crippen molar-refractivity contribution in [1.82, 2.24) is 0 Å². The van der Waals surface area contributed by atoms with Crippen LogP contribution < -0.4 is 0 Å². The maximum Gasteiger partial charge on any atom is 0.131 e. The van der Waals surface area contributed by atoms with Gasteiger partial charge in [0.05, 0.1) is 23.3 Å². The Morgan fingerprint density at radius 1 is 0.944 bits per heavy atom. The number of nitriles is 2. The van der Waals surface area contributed by atoms with Crippen LogP contribution in [0.3, 0.4) is 0 Å². The maximum atomic E-state index is 13.7. The van der Waals surface area contributed by atoms with Crippen LogP contribution in [-0.4, -0.2) is 5.11 Å². The molecule has 0 bridgehead atoms. The monoisotopic (exact) mass is 238 g/mol. The number of benzene rings is 2. The van der Waals surface area contributed by atoms with Gasteiger partial charge in [-0.05, 0) is 42.0 Å². The molecule has 2 aromatic carbocycles. The molecule has 4 heteroatoms. The van der Waals surface area contributed by atoms with Gasteiger partial charge in [-0.25, -0.2) is 4.39 Å². The molecule has 0 aliphatic rings. The Kier molecular flexibility index (Phi) is 2.95. The van der Waals surface area contributed by atoms with Crippen LogP contribution in [0.4, 0.5) is 4.39 Å². The Morgan fingerprint density at radius 3 is 2.33 bits per heavy atom. The lowest BCUT2D eigenvalue weighted by Crippen LogP contribution is -1.87. The summed E-state index contributed by atoms with van der Waals surface area (Å²) in [4.78, 5) is 0. The predicted molar refractivity (Wildman–Crippen MR) is 62.9 cm³/mol. The lowest BCUT2D eigenvalue weighted by atomic mass is 10.0. The van der Waals surface area contributed by atoms with Gasteiger partial charge < -0.3 is 5.11 Å². The second kappa shape index (κ2) is 4.57. The van der Waals surface area contributed by atoms with Gasteiger partial charge >= 0.3 is 0 Å². The lowest BCUT2D eigenvalue weighted by molar-refractivity contribution is 0.475. The first-order valence-corrected chi connectivity index (χ1v) is 5.08. The van der Waals surface area contributed by atoms with E-state index in [4.69, 9.17) is 10.5 Å². The van der Waals surface area contributed by atoms with Crippen LogP contribution in [0.25, 0.3) is 11.1 Å². The zero-order chi connectivity index (χ0) is 13.1. The van der Waals surface area contributed by atoms with Gasteiger partial charge in [-0.15, -0.1) is 0 Å². The van der Waals surface area contributed by atoms with Gasteiger partial charge in [0, 0.05) is 5.56 Å². The molecule has 0 heterocycles. The van der Waals surface area contributed by atoms with E-state index in [1.807, 2.05) is 12.1 Å². The molecule has 0 unspecified atom stereocenters. The molecule has 2 aromatic rings. The quantitative estimate of drug-likeness (QED) is 0.830. The number of phenolic OH excluding ortho intramolecular Hbond substituents is 1. The molecule has 0 fully saturated rings. The molecule has 2 rings (SSSR count). The van der Waals surface area contributed by atoms with E-state index in [2.05, 4.69) is 0 Å². The third-order valence-electron chi connectivity index (χ3n) is 2.45. The van der Waals surface area contributed by atoms with E-state index in [1.54, 1.807) is 0 Å². The highest BCUT2D eigenvalue weighted by molar-refractivity contribution is 5.69. The molecule has 0 spiro atoms. The minimum Gasteiger partial charge on any atom is -0.508 e. The van der Waals surface area contributed by atoms with Crippen molar-refractivity contribution in [3.8, 4) is 29.0 Å². The zero-order valence-corrected chi connectivity index (χ0v) is 9.18. The van der Waals surface area contributed by atoms with Gasteiger partial charge in [-0.2, -0.15) is 10.5 Å². The number of phenols is 1. The van der Waals surface area contributed by atoms with Crippen molar-refractivity contribution in [2.45, 2.75) is 0 Å². The van der Waals surface area contributed by atoms with E-state index in [1.165, 1.54) is 36.4 Å². The van der Waals surface area contributed by atoms with Crippen LogP contribution in [-0.2, 0) is 0 Å². The Labute approximate surface area is 103 Å². The summed E-state index contributed by atoms with van der Waals surface area (Å²) in [6.07, 6.45) is 0. The van der Waals surface area contributed by atoms with E-state index in [0.717, 1.165) is 0 Å². The molecule has 86 valence electrons. The van der Waals surface area contributed by atoms with Crippen molar-refractivity contribution in [2.24, 2.45) is 0 Å². The van der Waals surface area contributed by atoms with Crippen molar-refractivity contribution in [2.75, 3.05) is 0 Å². The molecule has 0 saturated heterocycles. The molecule has 0 atom stereocenters. The fourth-order valence-electron chi connectivity index (χ4n) is 1.65. The molecule has 3 nitrogen and oxygen atoms in total. The third-order valence-corrected chi connectivity index (χ3v) is 2.45. The largest absolute Gasteiger partial charge is 0.508 e. The van der Waals surface area contributed by atoms with Crippen LogP contribution in [0, 0.1) is 28.5 Å². The van der Waals surface area contributed by atoms with E-state index < -0.39 is 5.82 Å². The number of aromatic hydroxyl groups is 1. The average molecular weight is 238 g/mol. The molecular weight excluding hydrogens is 231 g/mol. The molecule has 18 heavy (non-hydrogen) atoms. The van der Waals surface area contributed by atoms with Crippen molar-refractivity contribution in [1.29, 1.82) is 10.5 Å². The number of hydrogen-bond donors (Lipinski definition) is 1. The van der Waals surface area contributed by atoms with Gasteiger partial charge in [0.25, 0.3) is 0 Å². The van der Waals surface area contributed by atoms with Crippen LogP contribution in [0.15, 0.2) is 36.4 Å². The third kappa shape index (κ3) is 2.14. The molecule has 0 radical (unpaired) electrons. The van der Waals surface area contributed by atoms with Crippen molar-refractivity contribution in [3.05, 3.63) is 53.3 Å². The summed E-state index contributed by atoms with van der Waals surface area (Å²) in [6.45, 7) is 0. The SMILES string of the molecule is N#Cc1cc(O)cc(-c2cc(C#N)ccc2F)c1. The highest BCUT2D eigenvalue weighted by atomic mass is 19.1. The number of halogens is 1. The summed E-state index contributed by atoms with van der Waals surface area (Å²) >= 11 is 0. The Balaban J connectivity index is 2.66. The van der Waals surface area contributed by atoms with Crippen LogP contribution in [0.1, 0.15) is 11.1 Å². The Bertz CT molecular complexity index is 696. The number of hydrogen-bond acceptors (Lipinski definition) is 3. The number of rotatable bonds is 1. The molecule has 0 aliphatic carbocycles. The zero-order valence-electron chi connectivity index (χ0n) is 9.18. The summed E-state index contributed by atoms with van der Waals surface area (Å²) in [5.74, 6) is -0.630. The molecular formula is C14H7FN2O. The summed E-state index contributed by atoms with van der Waals surface area (Å²) < 4.78 is 13.7. The first-order chi connectivity index (χ1) is 8.63. The van der Waals surface area contributed by atoms with E-state index in [0.29, 0.717) is 11.1 Å². The average Bonchev–Trinajstić information content (AvgIpc) is 2.38. The first kappa shape index (κ1) is 11.6. The fourth-order valence-corrected chi connectivity index (χ4v) is 1.65. The summed E-state index contributed by atoms with van der Waals surface area (Å²) in [5.41, 5.74) is 1.09. The van der Waals surface area contributed by atoms with Gasteiger partial charge in [0.1, 0.15) is 11.6 Å². The van der Waals surface area contributed by atoms with Crippen molar-refractivity contribution >= 4 is 0 Å². The lowest BCUT2D eigenvalue weighted by Gasteiger charge is -2.05. The van der Waals surface area contributed by atoms with E-state index >= 15 is 0 Å². The highest BCUT2D eigenvalue weighted by Crippen LogP contribution is 2.28. The maximum absolute atomic E-state index is 13.7. The molecule has 0 amide bonds. The fraction of sp³-hybridized carbons (Fsp3) is 0. The topological polar surface area (TPSA) is 67.8 Å². The van der Waals surface area contributed by atoms with Crippen molar-refractivity contribution < 1.29 is 9.50 Å². The van der Waals surface area contributed by atoms with Crippen LogP contribution >= 0.6 is 0 Å². The van der Waals surface area contributed by atoms with Gasteiger partial charge in [-0.3, -0.25) is 0 Å². The predicted octanol–water partition coefficient (Wildman–Crippen LogP) is 2.94. The summed E-state index contributed by atoms with van der Waals surface area (Å²) in [7, 11) is 0. The summed E-state index contributed by atoms with van der Waals surface area (Å²) in [5, 5.41) is 27.0. The Morgan fingerprint density at radius 2 is 1.67 bits per heavy atom. The van der Waals surface area contributed by atoms with E-state index in [9.17, 15) is 9.50 Å². The second-order valence-corrected chi connectivity index (χ2v) is 3.69. The van der Waals surface area contributed by atoms with Gasteiger partial charge in [0.2, 0.25) is 0 Å². The Hall–Kier alpha value is -2.85. The van der Waals surface area contributed by atoms with Crippen molar-refractivity contribution in [3.63, 3.8) is 0 Å². The van der Waals surface area contributed by atoms with Gasteiger partial charge in [0.15, 0.2) is 0 Å². The molecule has 0 aromatic heterocycles. The standard InChI is InChI=1S/C14H7FN2O/c15-14-2-1-9(7-16)5-13(14)11-3-10(8-17)4-12(18)6-11/h1-6,18H. The normalized spacial score (nSPS) is 9.50. The van der Waals surface area contributed by atoms with Crippen LogP contribution in [0.2, 0.25) is 0 Å². The minimum atomic E-state index is -0.511. The van der Waals surface area contributed by atoms with Crippen LogP contribution in [0.5, 0.6) is 5.75 Å². The molecule has 1 N–H and O–H groups in total. The smallest absolute Gasteiger partial charge is 0.131 e.